The summed E-state index contributed by atoms with van der Waals surface area (Å²) in [7, 11) is 5.16. The van der Waals surface area contributed by atoms with Crippen LogP contribution < -0.4 is 34.8 Å². The molecular formula is C102H145Cl7N14O11S2. The molecule has 11 atom stereocenters. The highest BCUT2D eigenvalue weighted by atomic mass is 35.5. The van der Waals surface area contributed by atoms with Crippen molar-refractivity contribution in [3.8, 4) is 0 Å². The lowest BCUT2D eigenvalue weighted by Gasteiger charge is -2.39. The van der Waals surface area contributed by atoms with Gasteiger partial charge in [-0.1, -0.05) is 148 Å². The summed E-state index contributed by atoms with van der Waals surface area (Å²) in [6.07, 6.45) is 3.10. The summed E-state index contributed by atoms with van der Waals surface area (Å²) < 4.78 is 32.2. The molecule has 8 unspecified atom stereocenters. The van der Waals surface area contributed by atoms with E-state index in [2.05, 4.69) is 94.0 Å². The van der Waals surface area contributed by atoms with Crippen molar-refractivity contribution < 1.29 is 51.9 Å². The fraction of sp³-hybridized carbons (Fsp3) is 0.569. The number of hydrogen-bond donors (Lipinski definition) is 5. The number of hydrogen-bond acceptors (Lipinski definition) is 16. The standard InChI is InChI=1S/C33H45Cl2N5O3.C32H44Cl2N4O3S.C30H42Cl2N4O2S.C5H11NO2.C2H3ClO/c1-22(2)18-30(36-32(42)12-13-37(4)5)27-19-26(35)10-11-31(27)38-14-16-39(17-15-38)33(43)29-21-40(23(3)41)20-28(29)24-6-8-25(34)9-7-24;1-21(2)17-29(35-42(41)32(4,5)6)26-18-25(34)11-12-30(26)36-13-15-37(16-14-36)31(40)28-20-38(22(3)39)19-27(28)23-7-9-24(33)10-8-23;1-20(2)16-27(34-39(38)30(3,4)5)24-17-23(32)10-11-28(24)35-12-14-36(15-13-35)29(37)26-19-33-18-25(26)21-6-8-22(31)9-7-21;1-6(2)4-3-5(7)8;1-2(3)4/h6-11,19,22,28-30H,12-18,20-21H2,1-5H3,(H,36,42);7-12,18,21,27-29,35H,13-17,19-20H2,1-6H3;6-11,17,20,25-27,33-34H,12-16,18-19H2,1-5H3;3-4H2,1-2H3,(H,7,8);1H3/t28?,29?,30-;27?,28?,29-,42?;25?,26?,27-,39?;;/m000../s1. The molecule has 34 heteroatoms. The van der Waals surface area contributed by atoms with E-state index in [1.807, 2.05) is 216 Å². The number of rotatable bonds is 29. The van der Waals surface area contributed by atoms with E-state index in [0.717, 1.165) is 89.3 Å². The third-order valence-electron chi connectivity index (χ3n) is 25.1. The second-order valence-corrected chi connectivity index (χ2v) is 47.1. The van der Waals surface area contributed by atoms with Gasteiger partial charge >= 0.3 is 5.97 Å². The Bertz CT molecular complexity index is 4980. The van der Waals surface area contributed by atoms with Crippen LogP contribution in [0.5, 0.6) is 0 Å². The summed E-state index contributed by atoms with van der Waals surface area (Å²) in [6, 6.07) is 40.5. The van der Waals surface area contributed by atoms with Gasteiger partial charge < -0.3 is 64.7 Å². The zero-order chi connectivity index (χ0) is 100. The molecule has 6 fully saturated rings. The first-order valence-electron chi connectivity index (χ1n) is 47.3. The zero-order valence-corrected chi connectivity index (χ0v) is 89.6. The number of amides is 6. The molecule has 6 aromatic rings. The Morgan fingerprint density at radius 3 is 0.978 bits per heavy atom. The number of carboxylic acid groups (broad SMARTS) is 1. The number of halogens is 7. The summed E-state index contributed by atoms with van der Waals surface area (Å²) in [5.74, 6) is 0.184. The number of carbonyl (C=O) groups is 8. The number of nitrogens with one attached hydrogen (secondary N) is 4. The van der Waals surface area contributed by atoms with Crippen molar-refractivity contribution in [2.75, 3.05) is 174 Å². The molecule has 6 aliphatic heterocycles. The summed E-state index contributed by atoms with van der Waals surface area (Å²) in [5, 5.41) is 18.4. The van der Waals surface area contributed by atoms with Gasteiger partial charge in [-0.2, -0.15) is 0 Å². The predicted molar refractivity (Wildman–Crippen MR) is 558 cm³/mol. The molecule has 750 valence electrons. The lowest BCUT2D eigenvalue weighted by Crippen LogP contribution is -2.51. The minimum Gasteiger partial charge on any atom is -0.481 e. The van der Waals surface area contributed by atoms with Gasteiger partial charge in [-0.25, -0.2) is 17.9 Å². The highest BCUT2D eigenvalue weighted by molar-refractivity contribution is 7.84. The second kappa shape index (κ2) is 53.6. The smallest absolute Gasteiger partial charge is 0.304 e. The molecule has 6 aromatic carbocycles. The van der Waals surface area contributed by atoms with E-state index < -0.39 is 32.7 Å². The van der Waals surface area contributed by atoms with Gasteiger partial charge in [-0.15, -0.1) is 0 Å². The molecule has 6 heterocycles. The van der Waals surface area contributed by atoms with Gasteiger partial charge in [-0.3, -0.25) is 38.4 Å². The number of carbonyl (C=O) groups excluding carboxylic acids is 7. The van der Waals surface area contributed by atoms with Gasteiger partial charge in [0.25, 0.3) is 0 Å². The van der Waals surface area contributed by atoms with Crippen LogP contribution in [0.2, 0.25) is 30.1 Å². The van der Waals surface area contributed by atoms with Crippen molar-refractivity contribution in [1.29, 1.82) is 0 Å². The van der Waals surface area contributed by atoms with E-state index in [0.29, 0.717) is 166 Å². The lowest BCUT2D eigenvalue weighted by atomic mass is 9.88. The largest absolute Gasteiger partial charge is 0.481 e. The number of piperazine rings is 3. The summed E-state index contributed by atoms with van der Waals surface area (Å²) in [5.41, 5.74) is 9.51. The average molecular weight is 2060 g/mol. The third-order valence-corrected chi connectivity index (χ3v) is 29.8. The molecule has 12 rings (SSSR count). The first kappa shape index (κ1) is 114. The molecule has 6 aliphatic rings. The van der Waals surface area contributed by atoms with Crippen LogP contribution in [0, 0.1) is 35.5 Å². The van der Waals surface area contributed by atoms with Gasteiger partial charge in [0.05, 0.1) is 61.7 Å². The van der Waals surface area contributed by atoms with Crippen molar-refractivity contribution in [3.05, 3.63) is 191 Å². The van der Waals surface area contributed by atoms with Crippen LogP contribution in [-0.2, 0) is 60.3 Å². The fourth-order valence-electron chi connectivity index (χ4n) is 17.9. The topological polar surface area (TPSA) is 271 Å². The molecular weight excluding hydrogens is 1910 g/mol. The zero-order valence-electron chi connectivity index (χ0n) is 82.7. The van der Waals surface area contributed by atoms with Crippen LogP contribution >= 0.6 is 81.2 Å². The quantitative estimate of drug-likeness (QED) is 0.0273. The molecule has 0 saturated carbocycles. The maximum absolute atomic E-state index is 13.9. The molecule has 25 nitrogen and oxygen atoms in total. The normalized spacial score (nSPS) is 19.8. The summed E-state index contributed by atoms with van der Waals surface area (Å²) in [6.45, 7) is 41.8. The first-order valence-corrected chi connectivity index (χ1v) is 52.2. The van der Waals surface area contributed by atoms with E-state index in [-0.39, 0.29) is 105 Å². The van der Waals surface area contributed by atoms with Crippen LogP contribution in [0.15, 0.2) is 127 Å². The minimum absolute atomic E-state index is 0.0127. The molecule has 0 bridgehead atoms. The number of nitrogens with zero attached hydrogens (tertiary/aromatic N) is 10. The second-order valence-electron chi connectivity index (χ2n) is 39.9. The molecule has 136 heavy (non-hydrogen) atoms. The van der Waals surface area contributed by atoms with Crippen LogP contribution in [-0.4, -0.2) is 263 Å². The highest BCUT2D eigenvalue weighted by Gasteiger charge is 2.45. The maximum Gasteiger partial charge on any atom is 0.304 e. The van der Waals surface area contributed by atoms with Crippen molar-refractivity contribution in [2.24, 2.45) is 35.5 Å². The van der Waals surface area contributed by atoms with Gasteiger partial charge in [0.2, 0.25) is 40.7 Å². The number of carboxylic acids is 1. The molecule has 6 amide bonds. The monoisotopic (exact) mass is 2050 g/mol. The Kier molecular flexibility index (Phi) is 45.0. The molecule has 0 aliphatic carbocycles. The van der Waals surface area contributed by atoms with Gasteiger partial charge in [-0.05, 0) is 243 Å². The lowest BCUT2D eigenvalue weighted by molar-refractivity contribution is -0.138. The van der Waals surface area contributed by atoms with E-state index in [1.165, 1.54) is 6.92 Å². The summed E-state index contributed by atoms with van der Waals surface area (Å²) in [4.78, 5) is 118. The Labute approximate surface area is 848 Å². The molecule has 5 N–H and O–H groups in total. The molecule has 0 spiro atoms. The van der Waals surface area contributed by atoms with E-state index >= 15 is 0 Å². The number of aliphatic carboxylic acids is 1. The van der Waals surface area contributed by atoms with Crippen LogP contribution in [0.1, 0.15) is 205 Å². The van der Waals surface area contributed by atoms with Gasteiger partial charge in [0.1, 0.15) is 0 Å². The SMILES string of the molecule is CC(=O)Cl.CC(=O)N1CC(C(=O)N2CCN(c3ccc(Cl)cc3[C@H](CC(C)C)NC(=O)CCN(C)C)CC2)C(c2ccc(Cl)cc2)C1.CC(=O)N1CC(C(=O)N2CCN(c3ccc(Cl)cc3[C@H](CC(C)C)NS(=O)C(C)(C)C)CC2)C(c2ccc(Cl)cc2)C1.CC(C)C[C@H](NS(=O)C(C)(C)C)c1cc(Cl)ccc1N1CCN(C(=O)C2CNCC2c2ccc(Cl)cc2)CC1.CN(C)CCC(=O)O. The van der Waals surface area contributed by atoms with Crippen molar-refractivity contribution >= 4 is 167 Å². The number of likely N-dealkylation sites (tertiary alicyclic amines) is 2. The molecule has 0 aromatic heterocycles. The predicted octanol–water partition coefficient (Wildman–Crippen LogP) is 17.7. The van der Waals surface area contributed by atoms with Crippen LogP contribution in [0.25, 0.3) is 0 Å². The average Bonchev–Trinajstić information content (AvgIpc) is 1.77. The molecule has 6 saturated heterocycles. The summed E-state index contributed by atoms with van der Waals surface area (Å²) >= 11 is 42.4. The highest BCUT2D eigenvalue weighted by Crippen LogP contribution is 2.43. The van der Waals surface area contributed by atoms with Crippen molar-refractivity contribution in [1.82, 2.24) is 54.4 Å². The first-order chi connectivity index (χ1) is 64.0. The van der Waals surface area contributed by atoms with Gasteiger partial charge in [0, 0.05) is 235 Å². The maximum atomic E-state index is 13.9. The van der Waals surface area contributed by atoms with E-state index in [4.69, 9.17) is 74.7 Å². The Morgan fingerprint density at radius 2 is 0.691 bits per heavy atom. The van der Waals surface area contributed by atoms with Crippen LogP contribution in [0.4, 0.5) is 17.1 Å². The Balaban J connectivity index is 0.000000236. The Hall–Kier alpha value is -7.19. The van der Waals surface area contributed by atoms with E-state index in [1.54, 1.807) is 23.6 Å². The fourth-order valence-corrected chi connectivity index (χ4v) is 20.5. The van der Waals surface area contributed by atoms with Crippen LogP contribution in [0.3, 0.4) is 0 Å². The minimum atomic E-state index is -1.24. The molecule has 0 radical (unpaired) electrons. The Morgan fingerprint density at radius 1 is 0.404 bits per heavy atom. The third kappa shape index (κ3) is 34.9. The van der Waals surface area contributed by atoms with Crippen molar-refractivity contribution in [2.45, 2.75) is 181 Å². The van der Waals surface area contributed by atoms with E-state index in [9.17, 15) is 46.8 Å². The van der Waals surface area contributed by atoms with Gasteiger partial charge in [0.15, 0.2) is 0 Å². The number of benzene rings is 6. The van der Waals surface area contributed by atoms with Crippen molar-refractivity contribution in [3.63, 3.8) is 0 Å². The number of anilines is 3.